The van der Waals surface area contributed by atoms with Gasteiger partial charge in [-0.15, -0.1) is 0 Å². The van der Waals surface area contributed by atoms with Gasteiger partial charge in [-0.05, 0) is 31.4 Å². The smallest absolute Gasteiger partial charge is 0.326 e. The van der Waals surface area contributed by atoms with E-state index in [4.69, 9.17) is 5.11 Å². The van der Waals surface area contributed by atoms with Crippen molar-refractivity contribution >= 4 is 17.7 Å². The van der Waals surface area contributed by atoms with E-state index in [1.165, 1.54) is 0 Å². The molecule has 20 heavy (non-hydrogen) atoms. The zero-order chi connectivity index (χ0) is 15.3. The van der Waals surface area contributed by atoms with E-state index in [-0.39, 0.29) is 5.92 Å². The second-order valence-electron chi connectivity index (χ2n) is 5.12. The normalized spacial score (nSPS) is 13.4. The van der Waals surface area contributed by atoms with Gasteiger partial charge in [-0.3, -0.25) is 0 Å². The maximum absolute atomic E-state index is 11.9. The molecule has 1 aromatic carbocycles. The molecule has 110 valence electrons. The van der Waals surface area contributed by atoms with Crippen molar-refractivity contribution in [2.24, 2.45) is 5.92 Å². The maximum atomic E-state index is 11.9. The summed E-state index contributed by atoms with van der Waals surface area (Å²) in [6, 6.07) is 4.28. The number of hydrogen-bond donors (Lipinski definition) is 3. The van der Waals surface area contributed by atoms with Gasteiger partial charge in [-0.2, -0.15) is 0 Å². The lowest BCUT2D eigenvalue weighted by molar-refractivity contribution is -0.140. The van der Waals surface area contributed by atoms with Gasteiger partial charge in [0.1, 0.15) is 6.04 Å². The number of anilines is 1. The number of nitrogens with one attached hydrogen (secondary N) is 2. The first-order chi connectivity index (χ1) is 9.35. The number of carboxylic acids is 1. The molecular weight excluding hydrogens is 256 g/mol. The topological polar surface area (TPSA) is 78.4 Å². The van der Waals surface area contributed by atoms with Crippen molar-refractivity contribution < 1.29 is 14.7 Å². The molecule has 0 heterocycles. The molecule has 3 N–H and O–H groups in total. The first-order valence-electron chi connectivity index (χ1n) is 6.72. The van der Waals surface area contributed by atoms with Gasteiger partial charge in [0, 0.05) is 5.69 Å². The molecule has 0 aliphatic carbocycles. The number of urea groups is 1. The van der Waals surface area contributed by atoms with Crippen molar-refractivity contribution in [2.75, 3.05) is 5.32 Å². The highest BCUT2D eigenvalue weighted by Crippen LogP contribution is 2.16. The van der Waals surface area contributed by atoms with Gasteiger partial charge in [0.2, 0.25) is 0 Å². The van der Waals surface area contributed by atoms with Gasteiger partial charge >= 0.3 is 12.0 Å². The fourth-order valence-corrected chi connectivity index (χ4v) is 1.94. The number of benzene rings is 1. The van der Waals surface area contributed by atoms with E-state index in [0.29, 0.717) is 12.1 Å². The summed E-state index contributed by atoms with van der Waals surface area (Å²) in [5, 5.41) is 14.3. The third-order valence-electron chi connectivity index (χ3n) is 3.40. The van der Waals surface area contributed by atoms with Gasteiger partial charge in [0.15, 0.2) is 0 Å². The Kier molecular flexibility index (Phi) is 5.55. The Hall–Kier alpha value is -2.04. The molecule has 5 heteroatoms. The molecule has 0 unspecified atom stereocenters. The predicted octanol–water partition coefficient (Wildman–Crippen LogP) is 2.92. The van der Waals surface area contributed by atoms with Crippen LogP contribution < -0.4 is 10.6 Å². The first-order valence-corrected chi connectivity index (χ1v) is 6.72. The number of rotatable bonds is 5. The van der Waals surface area contributed by atoms with Gasteiger partial charge in [-0.1, -0.05) is 38.0 Å². The standard InChI is InChI=1S/C15H22N2O3/c1-5-10(3)13(14(18)19)17-15(20)16-12-7-6-9(2)8-11(12)4/h6-8,10,13H,5H2,1-4H3,(H,18,19)(H2,16,17,20)/t10-,13+/m1/s1. The lowest BCUT2D eigenvalue weighted by Gasteiger charge is -2.20. The highest BCUT2D eigenvalue weighted by atomic mass is 16.4. The number of amides is 2. The molecule has 0 saturated heterocycles. The van der Waals surface area contributed by atoms with Crippen LogP contribution in [0.25, 0.3) is 0 Å². The Morgan fingerprint density at radius 2 is 1.95 bits per heavy atom. The summed E-state index contributed by atoms with van der Waals surface area (Å²) in [4.78, 5) is 23.1. The fourth-order valence-electron chi connectivity index (χ4n) is 1.94. The van der Waals surface area contributed by atoms with Gasteiger partial charge in [0.05, 0.1) is 0 Å². The number of aryl methyl sites for hydroxylation is 2. The zero-order valence-corrected chi connectivity index (χ0v) is 12.4. The number of hydrogen-bond acceptors (Lipinski definition) is 2. The molecule has 0 radical (unpaired) electrons. The minimum absolute atomic E-state index is 0.127. The number of carboxylic acid groups (broad SMARTS) is 1. The number of aliphatic carboxylic acids is 1. The largest absolute Gasteiger partial charge is 0.480 e. The van der Waals surface area contributed by atoms with E-state index >= 15 is 0 Å². The van der Waals surface area contributed by atoms with Crippen molar-refractivity contribution in [1.29, 1.82) is 0 Å². The molecule has 0 aromatic heterocycles. The molecule has 0 aliphatic heterocycles. The molecule has 0 fully saturated rings. The molecular formula is C15H22N2O3. The van der Waals surface area contributed by atoms with E-state index in [9.17, 15) is 9.59 Å². The van der Waals surface area contributed by atoms with E-state index in [1.54, 1.807) is 6.92 Å². The van der Waals surface area contributed by atoms with Crippen molar-refractivity contribution in [3.63, 3.8) is 0 Å². The van der Waals surface area contributed by atoms with Crippen LogP contribution in [0.4, 0.5) is 10.5 Å². The van der Waals surface area contributed by atoms with Crippen LogP contribution in [0, 0.1) is 19.8 Å². The third-order valence-corrected chi connectivity index (χ3v) is 3.40. The van der Waals surface area contributed by atoms with Crippen molar-refractivity contribution in [1.82, 2.24) is 5.32 Å². The van der Waals surface area contributed by atoms with Crippen molar-refractivity contribution in [3.8, 4) is 0 Å². The molecule has 0 saturated carbocycles. The highest BCUT2D eigenvalue weighted by molar-refractivity contribution is 5.92. The highest BCUT2D eigenvalue weighted by Gasteiger charge is 2.25. The molecule has 0 bridgehead atoms. The Labute approximate surface area is 119 Å². The Balaban J connectivity index is 2.73. The Morgan fingerprint density at radius 1 is 1.30 bits per heavy atom. The molecule has 0 spiro atoms. The van der Waals surface area contributed by atoms with Crippen molar-refractivity contribution in [3.05, 3.63) is 29.3 Å². The van der Waals surface area contributed by atoms with Gasteiger partial charge in [-0.25, -0.2) is 9.59 Å². The molecule has 1 aromatic rings. The average Bonchev–Trinajstić information content (AvgIpc) is 2.38. The van der Waals surface area contributed by atoms with E-state index in [1.807, 2.05) is 39.0 Å². The van der Waals surface area contributed by atoms with E-state index in [0.717, 1.165) is 11.1 Å². The molecule has 1 rings (SSSR count). The van der Waals surface area contributed by atoms with Crippen LogP contribution in [0.2, 0.25) is 0 Å². The monoisotopic (exact) mass is 278 g/mol. The summed E-state index contributed by atoms with van der Waals surface area (Å²) in [7, 11) is 0. The lowest BCUT2D eigenvalue weighted by Crippen LogP contribution is -2.46. The Morgan fingerprint density at radius 3 is 2.45 bits per heavy atom. The van der Waals surface area contributed by atoms with Gasteiger partial charge in [0.25, 0.3) is 0 Å². The summed E-state index contributed by atoms with van der Waals surface area (Å²) in [6.45, 7) is 7.56. The molecule has 0 aliphatic rings. The average molecular weight is 278 g/mol. The first kappa shape index (κ1) is 16.0. The second-order valence-corrected chi connectivity index (χ2v) is 5.12. The lowest BCUT2D eigenvalue weighted by atomic mass is 9.99. The van der Waals surface area contributed by atoms with Crippen LogP contribution in [0.3, 0.4) is 0 Å². The summed E-state index contributed by atoms with van der Waals surface area (Å²) in [5.41, 5.74) is 2.73. The fraction of sp³-hybridized carbons (Fsp3) is 0.467. The third kappa shape index (κ3) is 4.26. The number of carbonyl (C=O) groups is 2. The van der Waals surface area contributed by atoms with Crippen LogP contribution in [0.15, 0.2) is 18.2 Å². The van der Waals surface area contributed by atoms with E-state index in [2.05, 4.69) is 10.6 Å². The summed E-state index contributed by atoms with van der Waals surface area (Å²) in [5.74, 6) is -1.15. The van der Waals surface area contributed by atoms with E-state index < -0.39 is 18.0 Å². The predicted molar refractivity (Wildman–Crippen MR) is 78.9 cm³/mol. The van der Waals surface area contributed by atoms with Gasteiger partial charge < -0.3 is 15.7 Å². The van der Waals surface area contributed by atoms with Crippen molar-refractivity contribution in [2.45, 2.75) is 40.2 Å². The van der Waals surface area contributed by atoms with Crippen LogP contribution in [-0.4, -0.2) is 23.1 Å². The minimum atomic E-state index is -1.02. The molecule has 5 nitrogen and oxygen atoms in total. The molecule has 2 amide bonds. The Bertz CT molecular complexity index is 500. The second kappa shape index (κ2) is 6.93. The maximum Gasteiger partial charge on any atom is 0.326 e. The summed E-state index contributed by atoms with van der Waals surface area (Å²) >= 11 is 0. The van der Waals surface area contributed by atoms with Crippen LogP contribution in [0.5, 0.6) is 0 Å². The minimum Gasteiger partial charge on any atom is -0.480 e. The SMILES string of the molecule is CC[C@@H](C)[C@H](NC(=O)Nc1ccc(C)cc1C)C(=O)O. The zero-order valence-electron chi connectivity index (χ0n) is 12.4. The quantitative estimate of drug-likeness (QED) is 0.775. The summed E-state index contributed by atoms with van der Waals surface area (Å²) < 4.78 is 0. The van der Waals surface area contributed by atoms with Crippen LogP contribution in [-0.2, 0) is 4.79 Å². The number of carbonyl (C=O) groups excluding carboxylic acids is 1. The summed E-state index contributed by atoms with van der Waals surface area (Å²) in [6.07, 6.45) is 0.681. The van der Waals surface area contributed by atoms with Crippen LogP contribution in [0.1, 0.15) is 31.4 Å². The van der Waals surface area contributed by atoms with Crippen LogP contribution >= 0.6 is 0 Å². The molecule has 2 atom stereocenters.